The zero-order valence-corrected chi connectivity index (χ0v) is 12.9. The van der Waals surface area contributed by atoms with Gasteiger partial charge in [0.05, 0.1) is 17.3 Å². The van der Waals surface area contributed by atoms with Crippen LogP contribution < -0.4 is 4.18 Å². The van der Waals surface area contributed by atoms with Crippen molar-refractivity contribution in [2.75, 3.05) is 0 Å². The molecule has 1 aliphatic heterocycles. The molecule has 0 amide bonds. The summed E-state index contributed by atoms with van der Waals surface area (Å²) in [5.41, 5.74) is 2.44. The van der Waals surface area contributed by atoms with Crippen LogP contribution in [0, 0.1) is 5.82 Å². The van der Waals surface area contributed by atoms with Gasteiger partial charge in [0.25, 0.3) is 0 Å². The van der Waals surface area contributed by atoms with E-state index in [9.17, 15) is 12.8 Å². The lowest BCUT2D eigenvalue weighted by atomic mass is 10.1. The summed E-state index contributed by atoms with van der Waals surface area (Å²) in [6.45, 7) is 0. The summed E-state index contributed by atoms with van der Waals surface area (Å²) in [5, 5.41) is 9.07. The smallest absolute Gasteiger partial charge is 0.332 e. The molecule has 120 valence electrons. The first-order valence-corrected chi connectivity index (χ1v) is 8.43. The van der Waals surface area contributed by atoms with Crippen LogP contribution in [0.15, 0.2) is 54.1 Å². The van der Waals surface area contributed by atoms with Gasteiger partial charge < -0.3 is 4.18 Å². The highest BCUT2D eigenvalue weighted by Gasteiger charge is 2.17. The summed E-state index contributed by atoms with van der Waals surface area (Å²) in [7, 11) is -3.66. The molecule has 8 heteroatoms. The van der Waals surface area contributed by atoms with E-state index in [2.05, 4.69) is 10.3 Å². The second-order valence-electron chi connectivity index (χ2n) is 5.16. The summed E-state index contributed by atoms with van der Waals surface area (Å²) >= 11 is 0. The summed E-state index contributed by atoms with van der Waals surface area (Å²) in [5.74, 6) is -0.0916. The summed E-state index contributed by atoms with van der Waals surface area (Å²) in [6.07, 6.45) is 3.13. The van der Waals surface area contributed by atoms with Gasteiger partial charge in [-0.05, 0) is 36.4 Å². The number of aromatic nitrogens is 3. The third-order valence-corrected chi connectivity index (χ3v) is 4.37. The molecule has 0 spiro atoms. The van der Waals surface area contributed by atoms with Crippen LogP contribution in [0.3, 0.4) is 0 Å². The van der Waals surface area contributed by atoms with Gasteiger partial charge in [-0.1, -0.05) is 17.3 Å². The molecule has 0 saturated carbocycles. The van der Waals surface area contributed by atoms with Crippen molar-refractivity contribution in [2.45, 2.75) is 0 Å². The van der Waals surface area contributed by atoms with E-state index in [1.807, 2.05) is 0 Å². The molecule has 0 saturated heterocycles. The molecule has 1 aliphatic rings. The monoisotopic (exact) mass is 343 g/mol. The molecule has 0 fully saturated rings. The highest BCUT2D eigenvalue weighted by Crippen LogP contribution is 2.29. The third kappa shape index (κ3) is 2.67. The zero-order valence-electron chi connectivity index (χ0n) is 12.1. The number of hydrogen-bond acceptors (Lipinski definition) is 5. The molecular weight excluding hydrogens is 333 g/mol. The van der Waals surface area contributed by atoms with Crippen LogP contribution in [0.25, 0.3) is 23.0 Å². The molecule has 0 atom stereocenters. The standard InChI is InChI=1S/C16H10FN3O3S/c17-13-3-1-2-11(8-13)15-10-20(19-18-15)14-4-5-16-12(9-14)6-7-24(21,22)23-16/h1-10H. The van der Waals surface area contributed by atoms with E-state index in [4.69, 9.17) is 4.18 Å². The molecule has 24 heavy (non-hydrogen) atoms. The van der Waals surface area contributed by atoms with E-state index in [0.29, 0.717) is 22.5 Å². The van der Waals surface area contributed by atoms with Gasteiger partial charge in [0.15, 0.2) is 0 Å². The van der Waals surface area contributed by atoms with Crippen molar-refractivity contribution in [3.05, 3.63) is 65.5 Å². The maximum atomic E-state index is 13.3. The Balaban J connectivity index is 1.71. The van der Waals surface area contributed by atoms with Gasteiger partial charge in [0, 0.05) is 11.1 Å². The van der Waals surface area contributed by atoms with Gasteiger partial charge in [-0.25, -0.2) is 9.07 Å². The second-order valence-corrected chi connectivity index (χ2v) is 6.58. The van der Waals surface area contributed by atoms with Crippen molar-refractivity contribution in [1.82, 2.24) is 15.0 Å². The number of halogens is 1. The molecule has 0 radical (unpaired) electrons. The van der Waals surface area contributed by atoms with Crippen LogP contribution in [0.4, 0.5) is 4.39 Å². The van der Waals surface area contributed by atoms with Crippen molar-refractivity contribution in [2.24, 2.45) is 0 Å². The lowest BCUT2D eigenvalue weighted by Gasteiger charge is -2.12. The van der Waals surface area contributed by atoms with Crippen LogP contribution in [-0.2, 0) is 10.1 Å². The SMILES string of the molecule is O=S1(=O)C=Cc2cc(-n3cc(-c4cccc(F)c4)nn3)ccc2O1. The maximum Gasteiger partial charge on any atom is 0.332 e. The first-order valence-electron chi connectivity index (χ1n) is 6.95. The molecule has 0 N–H and O–H groups in total. The van der Waals surface area contributed by atoms with Crippen molar-refractivity contribution in [1.29, 1.82) is 0 Å². The van der Waals surface area contributed by atoms with Gasteiger partial charge in [0.2, 0.25) is 0 Å². The minimum Gasteiger partial charge on any atom is -0.379 e. The molecule has 6 nitrogen and oxygen atoms in total. The van der Waals surface area contributed by atoms with Gasteiger partial charge in [-0.15, -0.1) is 5.10 Å². The van der Waals surface area contributed by atoms with Crippen LogP contribution in [0.1, 0.15) is 5.56 Å². The van der Waals surface area contributed by atoms with Crippen molar-refractivity contribution in [3.63, 3.8) is 0 Å². The van der Waals surface area contributed by atoms with Crippen LogP contribution in [0.5, 0.6) is 5.75 Å². The summed E-state index contributed by atoms with van der Waals surface area (Å²) in [4.78, 5) is 0. The Morgan fingerprint density at radius 2 is 2.00 bits per heavy atom. The van der Waals surface area contributed by atoms with E-state index >= 15 is 0 Å². The first-order chi connectivity index (χ1) is 11.5. The van der Waals surface area contributed by atoms with Gasteiger partial charge in [-0.3, -0.25) is 0 Å². The quantitative estimate of drug-likeness (QED) is 0.669. The van der Waals surface area contributed by atoms with E-state index < -0.39 is 10.1 Å². The zero-order chi connectivity index (χ0) is 16.7. The largest absolute Gasteiger partial charge is 0.379 e. The topological polar surface area (TPSA) is 74.1 Å². The Morgan fingerprint density at radius 3 is 2.83 bits per heavy atom. The molecular formula is C16H10FN3O3S. The van der Waals surface area contributed by atoms with Crippen molar-refractivity contribution in [3.8, 4) is 22.7 Å². The third-order valence-electron chi connectivity index (χ3n) is 3.49. The second kappa shape index (κ2) is 5.27. The van der Waals surface area contributed by atoms with Gasteiger partial charge in [0.1, 0.15) is 17.3 Å². The highest BCUT2D eigenvalue weighted by atomic mass is 32.2. The minimum atomic E-state index is -3.66. The molecule has 2 heterocycles. The van der Waals surface area contributed by atoms with Crippen molar-refractivity contribution < 1.29 is 17.0 Å². The number of hydrogen-bond donors (Lipinski definition) is 0. The fraction of sp³-hybridized carbons (Fsp3) is 0. The number of benzene rings is 2. The lowest BCUT2D eigenvalue weighted by molar-refractivity contribution is 0.494. The Hall–Kier alpha value is -3.00. The fourth-order valence-corrected chi connectivity index (χ4v) is 3.14. The minimum absolute atomic E-state index is 0.256. The molecule has 2 aromatic carbocycles. The predicted molar refractivity (Wildman–Crippen MR) is 85.3 cm³/mol. The maximum absolute atomic E-state index is 13.3. The molecule has 0 unspecified atom stereocenters. The average molecular weight is 343 g/mol. The highest BCUT2D eigenvalue weighted by molar-refractivity contribution is 7.90. The lowest BCUT2D eigenvalue weighted by Crippen LogP contribution is -2.09. The number of rotatable bonds is 2. The van der Waals surface area contributed by atoms with E-state index in [1.54, 1.807) is 36.5 Å². The van der Waals surface area contributed by atoms with Crippen molar-refractivity contribution >= 4 is 16.2 Å². The Kier molecular flexibility index (Phi) is 3.20. The van der Waals surface area contributed by atoms with Gasteiger partial charge >= 0.3 is 10.1 Å². The Labute approximate surface area is 136 Å². The van der Waals surface area contributed by atoms with E-state index in [0.717, 1.165) is 5.41 Å². The van der Waals surface area contributed by atoms with Crippen LogP contribution >= 0.6 is 0 Å². The normalized spacial score (nSPS) is 14.9. The van der Waals surface area contributed by atoms with E-state index in [-0.39, 0.29) is 11.6 Å². The molecule has 1 aromatic heterocycles. The fourth-order valence-electron chi connectivity index (χ4n) is 2.36. The van der Waals surface area contributed by atoms with Crippen LogP contribution in [-0.4, -0.2) is 23.4 Å². The Morgan fingerprint density at radius 1 is 1.12 bits per heavy atom. The molecule has 0 bridgehead atoms. The van der Waals surface area contributed by atoms with Crippen LogP contribution in [0.2, 0.25) is 0 Å². The number of nitrogens with zero attached hydrogens (tertiary/aromatic N) is 3. The molecule has 0 aliphatic carbocycles. The first kappa shape index (κ1) is 14.6. The summed E-state index contributed by atoms with van der Waals surface area (Å²) in [6, 6.07) is 11.0. The summed E-state index contributed by atoms with van der Waals surface area (Å²) < 4.78 is 42.5. The predicted octanol–water partition coefficient (Wildman–Crippen LogP) is 2.77. The Bertz CT molecular complexity index is 1070. The average Bonchev–Trinajstić information content (AvgIpc) is 3.04. The molecule has 3 aromatic rings. The van der Waals surface area contributed by atoms with Gasteiger partial charge in [-0.2, -0.15) is 8.42 Å². The number of fused-ring (bicyclic) bond motifs is 1. The van der Waals surface area contributed by atoms with E-state index in [1.165, 1.54) is 22.9 Å². The molecule has 4 rings (SSSR count).